The highest BCUT2D eigenvalue weighted by Crippen LogP contribution is 2.60. The summed E-state index contributed by atoms with van der Waals surface area (Å²) in [7, 11) is 0. The molecule has 0 N–H and O–H groups in total. The first-order valence-electron chi connectivity index (χ1n) is 24.9. The molecule has 1 nitrogen and oxygen atoms in total. The number of benzene rings is 11. The smallest absolute Gasteiger partial charge is 0.0714 e. The van der Waals surface area contributed by atoms with Gasteiger partial charge in [0.05, 0.1) is 10.8 Å². The SMILES string of the molecule is CC1(c2ccccc2)c2ccccc2-c2ccc(N(c3ccc(C4(c5ccccc5)c5ccccc5-c5ccccc54)cc3)c3ccc4c(c3)C(c3ccccc3)(c3ccccc3)c3ccccc3-4)cc21. The van der Waals surface area contributed by atoms with Crippen LogP contribution in [0.3, 0.4) is 0 Å². The standard InChI is InChI=1S/C70H49N/c1-68(48-22-6-2-7-23-48)62-34-18-14-30-56(62)60-44-42-54(46-66(60)68)71(53-40-38-52(39-41-53)69(49-24-8-3-9-25-49)63-35-19-15-31-57(63)58-32-16-20-36-64(58)69)55-43-45-61-59-33-17-21-37-65(59)70(67(61)47-55,50-26-10-4-11-27-50)51-28-12-5-13-29-51/h2-47H,1H3. The van der Waals surface area contributed by atoms with Gasteiger partial charge in [0.1, 0.15) is 0 Å². The minimum Gasteiger partial charge on any atom is -0.310 e. The zero-order valence-corrected chi connectivity index (χ0v) is 39.5. The topological polar surface area (TPSA) is 3.24 Å². The molecule has 0 heterocycles. The van der Waals surface area contributed by atoms with E-state index in [1.54, 1.807) is 0 Å². The molecule has 3 aliphatic carbocycles. The summed E-state index contributed by atoms with van der Waals surface area (Å²) in [5, 5.41) is 0. The van der Waals surface area contributed by atoms with Crippen molar-refractivity contribution in [3.63, 3.8) is 0 Å². The Morgan fingerprint density at radius 1 is 0.225 bits per heavy atom. The zero-order valence-electron chi connectivity index (χ0n) is 39.5. The van der Waals surface area contributed by atoms with Gasteiger partial charge >= 0.3 is 0 Å². The van der Waals surface area contributed by atoms with Gasteiger partial charge in [-0.25, -0.2) is 0 Å². The summed E-state index contributed by atoms with van der Waals surface area (Å²) in [5.41, 5.74) is 23.7. The van der Waals surface area contributed by atoms with Crippen LogP contribution >= 0.6 is 0 Å². The maximum absolute atomic E-state index is 2.51. The summed E-state index contributed by atoms with van der Waals surface area (Å²) in [6.07, 6.45) is 0. The summed E-state index contributed by atoms with van der Waals surface area (Å²) >= 11 is 0. The van der Waals surface area contributed by atoms with E-state index < -0.39 is 10.8 Å². The fourth-order valence-electron chi connectivity index (χ4n) is 13.3. The lowest BCUT2D eigenvalue weighted by Crippen LogP contribution is -2.29. The minimum atomic E-state index is -0.545. The normalized spacial score (nSPS) is 16.0. The molecule has 11 aromatic rings. The first-order valence-corrected chi connectivity index (χ1v) is 24.9. The molecule has 1 atom stereocenters. The van der Waals surface area contributed by atoms with Crippen LogP contribution in [0.4, 0.5) is 17.1 Å². The number of rotatable bonds is 8. The van der Waals surface area contributed by atoms with Gasteiger partial charge < -0.3 is 4.90 Å². The molecular formula is C70H49N. The highest BCUT2D eigenvalue weighted by atomic mass is 15.1. The minimum absolute atomic E-state index is 0.362. The molecule has 11 aromatic carbocycles. The van der Waals surface area contributed by atoms with Crippen molar-refractivity contribution >= 4 is 17.1 Å². The van der Waals surface area contributed by atoms with E-state index >= 15 is 0 Å². The van der Waals surface area contributed by atoms with Crippen molar-refractivity contribution in [2.75, 3.05) is 4.90 Å². The first kappa shape index (κ1) is 41.2. The third kappa shape index (κ3) is 5.75. The molecule has 1 unspecified atom stereocenters. The largest absolute Gasteiger partial charge is 0.310 e. The second kappa shape index (κ2) is 15.9. The van der Waals surface area contributed by atoms with Gasteiger partial charge in [-0.05, 0) is 138 Å². The van der Waals surface area contributed by atoms with E-state index in [0.29, 0.717) is 0 Å². The molecular weight excluding hydrogens is 855 g/mol. The maximum atomic E-state index is 2.51. The lowest BCUT2D eigenvalue weighted by atomic mass is 9.67. The summed E-state index contributed by atoms with van der Waals surface area (Å²) in [4.78, 5) is 2.51. The average Bonchev–Trinajstić information content (AvgIpc) is 4.03. The molecule has 0 spiro atoms. The van der Waals surface area contributed by atoms with Gasteiger partial charge in [-0.15, -0.1) is 0 Å². The van der Waals surface area contributed by atoms with Crippen molar-refractivity contribution < 1.29 is 0 Å². The zero-order chi connectivity index (χ0) is 47.2. The fourth-order valence-corrected chi connectivity index (χ4v) is 13.3. The Bertz CT molecular complexity index is 3730. The summed E-state index contributed by atoms with van der Waals surface area (Å²) in [6.45, 7) is 2.41. The van der Waals surface area contributed by atoms with Gasteiger partial charge in [-0.2, -0.15) is 0 Å². The number of nitrogens with zero attached hydrogens (tertiary/aromatic N) is 1. The van der Waals surface area contributed by atoms with Crippen LogP contribution in [0.2, 0.25) is 0 Å². The Balaban J connectivity index is 1.02. The van der Waals surface area contributed by atoms with Crippen molar-refractivity contribution in [2.45, 2.75) is 23.2 Å². The van der Waals surface area contributed by atoms with Crippen molar-refractivity contribution in [2.24, 2.45) is 0 Å². The summed E-state index contributed by atoms with van der Waals surface area (Å²) in [5.74, 6) is 0. The van der Waals surface area contributed by atoms with E-state index in [9.17, 15) is 0 Å². The van der Waals surface area contributed by atoms with Crippen LogP contribution in [-0.2, 0) is 16.2 Å². The number of anilines is 3. The molecule has 3 aliphatic rings. The lowest BCUT2D eigenvalue weighted by Gasteiger charge is -2.36. The van der Waals surface area contributed by atoms with E-state index in [1.807, 2.05) is 0 Å². The molecule has 0 amide bonds. The van der Waals surface area contributed by atoms with Crippen LogP contribution < -0.4 is 4.90 Å². The van der Waals surface area contributed by atoms with Crippen LogP contribution in [0.25, 0.3) is 33.4 Å². The van der Waals surface area contributed by atoms with Crippen molar-refractivity contribution in [3.05, 3.63) is 340 Å². The van der Waals surface area contributed by atoms with Crippen LogP contribution in [0, 0.1) is 0 Å². The van der Waals surface area contributed by atoms with E-state index in [1.165, 1.54) is 94.6 Å². The van der Waals surface area contributed by atoms with Crippen LogP contribution in [0.15, 0.2) is 279 Å². The monoisotopic (exact) mass is 903 g/mol. The summed E-state index contributed by atoms with van der Waals surface area (Å²) < 4.78 is 0. The van der Waals surface area contributed by atoms with Crippen LogP contribution in [0.1, 0.15) is 68.1 Å². The fraction of sp³-hybridized carbons (Fsp3) is 0.0571. The van der Waals surface area contributed by atoms with Gasteiger partial charge in [0, 0.05) is 22.5 Å². The maximum Gasteiger partial charge on any atom is 0.0714 e. The number of hydrogen-bond acceptors (Lipinski definition) is 1. The van der Waals surface area contributed by atoms with Crippen molar-refractivity contribution in [1.29, 1.82) is 0 Å². The highest BCUT2D eigenvalue weighted by Gasteiger charge is 2.48. The molecule has 1 heteroatoms. The van der Waals surface area contributed by atoms with Crippen molar-refractivity contribution in [3.8, 4) is 33.4 Å². The van der Waals surface area contributed by atoms with Gasteiger partial charge in [-0.3, -0.25) is 0 Å². The van der Waals surface area contributed by atoms with Gasteiger partial charge in [0.25, 0.3) is 0 Å². The third-order valence-corrected chi connectivity index (χ3v) is 16.3. The molecule has 334 valence electrons. The number of hydrogen-bond donors (Lipinski definition) is 0. The Morgan fingerprint density at radius 3 is 0.972 bits per heavy atom. The number of fused-ring (bicyclic) bond motifs is 9. The van der Waals surface area contributed by atoms with Gasteiger partial charge in [0.15, 0.2) is 0 Å². The highest BCUT2D eigenvalue weighted by molar-refractivity contribution is 5.92. The molecule has 71 heavy (non-hydrogen) atoms. The van der Waals surface area contributed by atoms with Gasteiger partial charge in [0.2, 0.25) is 0 Å². The molecule has 0 fully saturated rings. The van der Waals surface area contributed by atoms with Crippen LogP contribution in [0.5, 0.6) is 0 Å². The Labute approximate surface area is 416 Å². The molecule has 0 aromatic heterocycles. The average molecular weight is 904 g/mol. The van der Waals surface area contributed by atoms with E-state index in [4.69, 9.17) is 0 Å². The van der Waals surface area contributed by atoms with Gasteiger partial charge in [-0.1, -0.05) is 243 Å². The van der Waals surface area contributed by atoms with Crippen LogP contribution in [-0.4, -0.2) is 0 Å². The van der Waals surface area contributed by atoms with E-state index in [2.05, 4.69) is 291 Å². The molecule has 14 rings (SSSR count). The van der Waals surface area contributed by atoms with E-state index in [0.717, 1.165) is 17.1 Å². The Morgan fingerprint density at radius 2 is 0.521 bits per heavy atom. The quantitative estimate of drug-likeness (QED) is 0.147. The Hall–Kier alpha value is -8.78. The van der Waals surface area contributed by atoms with Crippen molar-refractivity contribution in [1.82, 2.24) is 0 Å². The molecule has 0 radical (unpaired) electrons. The second-order valence-corrected chi connectivity index (χ2v) is 19.6. The second-order valence-electron chi connectivity index (χ2n) is 19.6. The van der Waals surface area contributed by atoms with E-state index in [-0.39, 0.29) is 5.41 Å². The predicted octanol–water partition coefficient (Wildman–Crippen LogP) is 17.2. The lowest BCUT2D eigenvalue weighted by molar-refractivity contribution is 0.714. The Kier molecular flexibility index (Phi) is 9.22. The third-order valence-electron chi connectivity index (χ3n) is 16.3. The molecule has 0 saturated carbocycles. The molecule has 0 bridgehead atoms. The summed E-state index contributed by atoms with van der Waals surface area (Å²) in [6, 6.07) is 104. The first-order chi connectivity index (χ1) is 35.1. The molecule has 0 aliphatic heterocycles. The predicted molar refractivity (Wildman–Crippen MR) is 293 cm³/mol. The molecule has 0 saturated heterocycles.